The Kier molecular flexibility index (Phi) is 5.68. The average molecular weight is 369 g/mol. The zero-order valence-corrected chi connectivity index (χ0v) is 14.8. The van der Waals surface area contributed by atoms with Crippen LogP contribution < -0.4 is 10.1 Å². The van der Waals surface area contributed by atoms with Gasteiger partial charge in [-0.3, -0.25) is 0 Å². The average Bonchev–Trinajstić information content (AvgIpc) is 2.42. The van der Waals surface area contributed by atoms with Crippen molar-refractivity contribution in [3.63, 3.8) is 0 Å². The third-order valence-corrected chi connectivity index (χ3v) is 4.21. The molecule has 112 valence electrons. The first-order valence-electron chi connectivity index (χ1n) is 6.98. The van der Waals surface area contributed by atoms with Crippen LogP contribution in [0.5, 0.6) is 11.5 Å². The molecule has 1 atom stereocenters. The van der Waals surface area contributed by atoms with Crippen LogP contribution in [-0.2, 0) is 0 Å². The summed E-state index contributed by atoms with van der Waals surface area (Å²) < 4.78 is 6.82. The van der Waals surface area contributed by atoms with E-state index in [1.54, 1.807) is 0 Å². The lowest BCUT2D eigenvalue weighted by Crippen LogP contribution is -2.17. The molecule has 2 aromatic rings. The summed E-state index contributed by atoms with van der Waals surface area (Å²) in [5.41, 5.74) is 2.26. The number of halogens is 2. The maximum absolute atomic E-state index is 6.36. The zero-order chi connectivity index (χ0) is 15.4. The number of benzene rings is 2. The highest BCUT2D eigenvalue weighted by atomic mass is 79.9. The highest BCUT2D eigenvalue weighted by Gasteiger charge is 2.10. The highest BCUT2D eigenvalue weighted by molar-refractivity contribution is 9.10. The van der Waals surface area contributed by atoms with Crippen LogP contribution in [0.25, 0.3) is 0 Å². The molecule has 21 heavy (non-hydrogen) atoms. The normalized spacial score (nSPS) is 12.2. The van der Waals surface area contributed by atoms with Crippen LogP contribution in [0.4, 0.5) is 0 Å². The first kappa shape index (κ1) is 16.3. The Labute approximate surface area is 139 Å². The molecule has 0 fully saturated rings. The standard InChI is InChI=1S/C17H19BrClNO/c1-4-20-12(3)14-7-6-13(10-16(14)19)21-17-8-5-11(2)9-15(17)18/h5-10,12,20H,4H2,1-3H3. The predicted octanol–water partition coefficient (Wildman–Crippen LogP) is 5.87. The number of aryl methyl sites for hydroxylation is 1. The lowest BCUT2D eigenvalue weighted by Gasteiger charge is -2.16. The van der Waals surface area contributed by atoms with E-state index in [1.165, 1.54) is 5.56 Å². The Morgan fingerprint density at radius 1 is 1.24 bits per heavy atom. The van der Waals surface area contributed by atoms with Gasteiger partial charge in [0.15, 0.2) is 0 Å². The van der Waals surface area contributed by atoms with E-state index < -0.39 is 0 Å². The van der Waals surface area contributed by atoms with Gasteiger partial charge in [0, 0.05) is 11.1 Å². The quantitative estimate of drug-likeness (QED) is 0.712. The minimum Gasteiger partial charge on any atom is -0.456 e. The number of rotatable bonds is 5. The fraction of sp³-hybridized carbons (Fsp3) is 0.294. The number of hydrogen-bond acceptors (Lipinski definition) is 2. The molecule has 0 saturated heterocycles. The Balaban J connectivity index is 2.20. The van der Waals surface area contributed by atoms with Gasteiger partial charge in [0.25, 0.3) is 0 Å². The summed E-state index contributed by atoms with van der Waals surface area (Å²) in [6.07, 6.45) is 0. The molecule has 0 heterocycles. The second-order valence-electron chi connectivity index (χ2n) is 5.00. The second-order valence-corrected chi connectivity index (χ2v) is 6.26. The molecule has 0 amide bonds. The third-order valence-electron chi connectivity index (χ3n) is 3.26. The molecule has 0 bridgehead atoms. The molecule has 0 aliphatic rings. The SMILES string of the molecule is CCNC(C)c1ccc(Oc2ccc(C)cc2Br)cc1Cl. The zero-order valence-electron chi connectivity index (χ0n) is 12.4. The van der Waals surface area contributed by atoms with Crippen LogP contribution in [0.15, 0.2) is 40.9 Å². The van der Waals surface area contributed by atoms with E-state index in [0.717, 1.165) is 28.1 Å². The van der Waals surface area contributed by atoms with Crippen molar-refractivity contribution in [1.82, 2.24) is 5.32 Å². The third kappa shape index (κ3) is 4.22. The smallest absolute Gasteiger partial charge is 0.141 e. The van der Waals surface area contributed by atoms with E-state index in [2.05, 4.69) is 35.1 Å². The highest BCUT2D eigenvalue weighted by Crippen LogP contribution is 2.33. The van der Waals surface area contributed by atoms with Gasteiger partial charge >= 0.3 is 0 Å². The van der Waals surface area contributed by atoms with Crippen molar-refractivity contribution >= 4 is 27.5 Å². The fourth-order valence-corrected chi connectivity index (χ4v) is 3.06. The fourth-order valence-electron chi connectivity index (χ4n) is 2.15. The molecule has 4 heteroatoms. The van der Waals surface area contributed by atoms with Gasteiger partial charge < -0.3 is 10.1 Å². The maximum Gasteiger partial charge on any atom is 0.141 e. The van der Waals surface area contributed by atoms with E-state index in [9.17, 15) is 0 Å². The van der Waals surface area contributed by atoms with Gasteiger partial charge in [0.2, 0.25) is 0 Å². The summed E-state index contributed by atoms with van der Waals surface area (Å²) in [6.45, 7) is 7.13. The molecular weight excluding hydrogens is 350 g/mol. The minimum absolute atomic E-state index is 0.225. The lowest BCUT2D eigenvalue weighted by atomic mass is 10.1. The molecule has 2 aromatic carbocycles. The van der Waals surface area contributed by atoms with Crippen molar-refractivity contribution in [3.8, 4) is 11.5 Å². The van der Waals surface area contributed by atoms with Crippen molar-refractivity contribution in [3.05, 3.63) is 57.0 Å². The van der Waals surface area contributed by atoms with Gasteiger partial charge in [0.05, 0.1) is 4.47 Å². The van der Waals surface area contributed by atoms with Gasteiger partial charge in [0.1, 0.15) is 11.5 Å². The number of hydrogen-bond donors (Lipinski definition) is 1. The Morgan fingerprint density at radius 2 is 2.00 bits per heavy atom. The molecule has 0 aromatic heterocycles. The van der Waals surface area contributed by atoms with E-state index in [-0.39, 0.29) is 6.04 Å². The summed E-state index contributed by atoms with van der Waals surface area (Å²) in [5.74, 6) is 1.51. The van der Waals surface area contributed by atoms with Crippen molar-refractivity contribution in [2.75, 3.05) is 6.54 Å². The van der Waals surface area contributed by atoms with Crippen LogP contribution in [0, 0.1) is 6.92 Å². The molecule has 0 spiro atoms. The number of ether oxygens (including phenoxy) is 1. The molecule has 0 aliphatic carbocycles. The van der Waals surface area contributed by atoms with Gasteiger partial charge in [-0.2, -0.15) is 0 Å². The lowest BCUT2D eigenvalue weighted by molar-refractivity contribution is 0.478. The Hall–Kier alpha value is -1.03. The molecule has 2 rings (SSSR count). The van der Waals surface area contributed by atoms with Gasteiger partial charge in [-0.25, -0.2) is 0 Å². The van der Waals surface area contributed by atoms with Crippen molar-refractivity contribution in [2.45, 2.75) is 26.8 Å². The molecule has 1 unspecified atom stereocenters. The Bertz CT molecular complexity index is 630. The largest absolute Gasteiger partial charge is 0.456 e. The van der Waals surface area contributed by atoms with Crippen LogP contribution in [0.1, 0.15) is 31.0 Å². The molecule has 2 nitrogen and oxygen atoms in total. The van der Waals surface area contributed by atoms with E-state index in [0.29, 0.717) is 5.02 Å². The van der Waals surface area contributed by atoms with Gasteiger partial charge in [-0.1, -0.05) is 30.7 Å². The summed E-state index contributed by atoms with van der Waals surface area (Å²) in [5, 5.41) is 4.07. The minimum atomic E-state index is 0.225. The van der Waals surface area contributed by atoms with Crippen molar-refractivity contribution in [2.24, 2.45) is 0 Å². The Morgan fingerprint density at radius 3 is 2.62 bits per heavy atom. The summed E-state index contributed by atoms with van der Waals surface area (Å²) in [6, 6.07) is 12.0. The summed E-state index contributed by atoms with van der Waals surface area (Å²) >= 11 is 9.87. The van der Waals surface area contributed by atoms with E-state index >= 15 is 0 Å². The monoisotopic (exact) mass is 367 g/mol. The topological polar surface area (TPSA) is 21.3 Å². The molecule has 0 radical (unpaired) electrons. The van der Waals surface area contributed by atoms with Crippen LogP contribution in [0.3, 0.4) is 0 Å². The van der Waals surface area contributed by atoms with Crippen LogP contribution in [0.2, 0.25) is 5.02 Å². The summed E-state index contributed by atoms with van der Waals surface area (Å²) in [4.78, 5) is 0. The number of nitrogens with one attached hydrogen (secondary N) is 1. The van der Waals surface area contributed by atoms with Crippen LogP contribution >= 0.6 is 27.5 Å². The molecule has 0 aliphatic heterocycles. The predicted molar refractivity (Wildman–Crippen MR) is 92.5 cm³/mol. The summed E-state index contributed by atoms with van der Waals surface area (Å²) in [7, 11) is 0. The maximum atomic E-state index is 6.36. The van der Waals surface area contributed by atoms with Crippen molar-refractivity contribution in [1.29, 1.82) is 0 Å². The van der Waals surface area contributed by atoms with Gasteiger partial charge in [-0.05, 0) is 71.7 Å². The van der Waals surface area contributed by atoms with Crippen molar-refractivity contribution < 1.29 is 4.74 Å². The second kappa shape index (κ2) is 7.30. The molecule has 1 N–H and O–H groups in total. The molecular formula is C17H19BrClNO. The molecule has 0 saturated carbocycles. The van der Waals surface area contributed by atoms with Crippen LogP contribution in [-0.4, -0.2) is 6.54 Å². The first-order valence-corrected chi connectivity index (χ1v) is 8.15. The van der Waals surface area contributed by atoms with E-state index in [4.69, 9.17) is 16.3 Å². The van der Waals surface area contributed by atoms with E-state index in [1.807, 2.05) is 43.3 Å². The first-order chi connectivity index (χ1) is 10.0. The van der Waals surface area contributed by atoms with Gasteiger partial charge in [-0.15, -0.1) is 0 Å².